The highest BCUT2D eigenvalue weighted by molar-refractivity contribution is 5.62. The molecule has 2 aromatic heterocycles. The fourth-order valence-electron chi connectivity index (χ4n) is 12.8. The van der Waals surface area contributed by atoms with Crippen LogP contribution in [-0.4, -0.2) is 53.6 Å². The average molecular weight is 1250 g/mol. The molecule has 0 unspecified atom stereocenters. The summed E-state index contributed by atoms with van der Waals surface area (Å²) in [7, 11) is 9.51. The predicted octanol–water partition coefficient (Wildman–Crippen LogP) is 17.3. The Bertz CT molecular complexity index is 3740. The molecule has 8 aromatic rings. The van der Waals surface area contributed by atoms with E-state index in [1.165, 1.54) is 33.4 Å². The standard InChI is InChI=1S/C81H107N5O6/c1-76(2,3)62-36-50-30-56-42-65(79(10,11)12)43-57(73(56)90-29-24-82)31-51-37-63(77(4,5)6)39-53(71(51)88-22)33-59-45-67(81(16,17)18)47-61(75(59)92-49-69-84-26-28-86(69)20)35-55-41-64(78(7,8)9)40-54(72(55)89-23)34-60-46-66(80(13,14)15)44-58(32-52(38-62)70(50)87-21)74(60)91-48-68-83-25-27-85(68)19/h25-28,36-47H,24,29-35,48-49,82H2,1-23H3. The molecule has 0 aliphatic heterocycles. The number of imidazole rings is 2. The van der Waals surface area contributed by atoms with Crippen LogP contribution in [0.4, 0.5) is 0 Å². The maximum atomic E-state index is 7.33. The number of fused-ring (bicyclic) bond motifs is 12. The predicted molar refractivity (Wildman–Crippen MR) is 377 cm³/mol. The zero-order valence-corrected chi connectivity index (χ0v) is 60.1. The maximum absolute atomic E-state index is 7.33. The van der Waals surface area contributed by atoms with Gasteiger partial charge in [0.2, 0.25) is 0 Å². The largest absolute Gasteiger partial charge is 0.496 e. The van der Waals surface area contributed by atoms with Crippen LogP contribution in [0.25, 0.3) is 0 Å². The zero-order chi connectivity index (χ0) is 67.2. The van der Waals surface area contributed by atoms with Crippen molar-refractivity contribution in [1.82, 2.24) is 19.1 Å². The lowest BCUT2D eigenvalue weighted by Gasteiger charge is -2.29. The second-order valence-corrected chi connectivity index (χ2v) is 32.0. The van der Waals surface area contributed by atoms with Crippen molar-refractivity contribution in [2.75, 3.05) is 34.5 Å². The van der Waals surface area contributed by atoms with Crippen LogP contribution in [0.15, 0.2) is 97.6 Å². The number of rotatable bonds is 12. The third-order valence-corrected chi connectivity index (χ3v) is 18.4. The molecule has 11 heteroatoms. The Hall–Kier alpha value is -7.50. The van der Waals surface area contributed by atoms with E-state index in [2.05, 4.69) is 197 Å². The molecule has 0 saturated heterocycles. The summed E-state index contributed by atoms with van der Waals surface area (Å²) in [5.41, 5.74) is 25.1. The van der Waals surface area contributed by atoms with Crippen LogP contribution in [0.5, 0.6) is 34.5 Å². The van der Waals surface area contributed by atoms with E-state index >= 15 is 0 Å². The minimum Gasteiger partial charge on any atom is -0.496 e. The summed E-state index contributed by atoms with van der Waals surface area (Å²) in [4.78, 5) is 9.56. The van der Waals surface area contributed by atoms with E-state index in [1.54, 1.807) is 0 Å². The molecule has 0 radical (unpaired) electrons. The molecule has 92 heavy (non-hydrogen) atoms. The minimum atomic E-state index is -0.231. The van der Waals surface area contributed by atoms with Crippen LogP contribution in [-0.2, 0) is 98.3 Å². The molecule has 492 valence electrons. The number of ether oxygens (including phenoxy) is 6. The van der Waals surface area contributed by atoms with Crippen LogP contribution in [0.1, 0.15) is 236 Å². The zero-order valence-electron chi connectivity index (χ0n) is 60.1. The van der Waals surface area contributed by atoms with Crippen molar-refractivity contribution in [3.63, 3.8) is 0 Å². The van der Waals surface area contributed by atoms with Crippen LogP contribution >= 0.6 is 0 Å². The molecule has 0 amide bonds. The summed E-state index contributed by atoms with van der Waals surface area (Å²) in [6.45, 7) is 42.6. The van der Waals surface area contributed by atoms with Crippen molar-refractivity contribution in [2.24, 2.45) is 19.8 Å². The lowest BCUT2D eigenvalue weighted by atomic mass is 9.79. The van der Waals surface area contributed by atoms with Gasteiger partial charge in [0.1, 0.15) is 66.0 Å². The number of methoxy groups -OCH3 is 3. The van der Waals surface area contributed by atoms with Gasteiger partial charge in [-0.1, -0.05) is 197 Å². The molecule has 12 bridgehead atoms. The van der Waals surface area contributed by atoms with E-state index < -0.39 is 0 Å². The molecule has 1 aliphatic rings. The first-order valence-corrected chi connectivity index (χ1v) is 33.1. The van der Waals surface area contributed by atoms with E-state index in [4.69, 9.17) is 44.1 Å². The van der Waals surface area contributed by atoms with E-state index in [0.29, 0.717) is 51.7 Å². The van der Waals surface area contributed by atoms with Crippen LogP contribution < -0.4 is 34.2 Å². The summed E-state index contributed by atoms with van der Waals surface area (Å²) < 4.78 is 46.1. The lowest BCUT2D eigenvalue weighted by molar-refractivity contribution is 0.286. The third-order valence-electron chi connectivity index (χ3n) is 18.4. The second kappa shape index (κ2) is 26.5. The normalized spacial score (nSPS) is 13.6. The Balaban J connectivity index is 1.44. The van der Waals surface area contributed by atoms with Gasteiger partial charge in [0.15, 0.2) is 0 Å². The van der Waals surface area contributed by atoms with Crippen LogP contribution in [0, 0.1) is 0 Å². The SMILES string of the molecule is COc1c2cc(C(C)(C)C)cc1Cc1cc(C(C)(C)C)cc(c1OCc1nccn1C)Cc1cc(C(C)(C)C)cc(c1OC)Cc1cc(C(C)(C)C)cc(c1OCc1nccn1C)Cc1cc(C(C)(C)C)cc(c1OC)Cc1cc(C(C)(C)C)cc(c1OCCN)C2. The molecule has 0 saturated carbocycles. The van der Waals surface area contributed by atoms with Gasteiger partial charge in [-0.3, -0.25) is 0 Å². The summed E-state index contributed by atoms with van der Waals surface area (Å²) in [5, 5.41) is 0. The van der Waals surface area contributed by atoms with E-state index in [1.807, 2.05) is 69.3 Å². The summed E-state index contributed by atoms with van der Waals surface area (Å²) in [5.74, 6) is 6.65. The number of nitrogens with two attached hydrogens (primary N) is 1. The van der Waals surface area contributed by atoms with Crippen molar-refractivity contribution in [3.8, 4) is 34.5 Å². The highest BCUT2D eigenvalue weighted by Gasteiger charge is 2.32. The van der Waals surface area contributed by atoms with Gasteiger partial charge in [-0.15, -0.1) is 0 Å². The number of hydrogen-bond acceptors (Lipinski definition) is 9. The van der Waals surface area contributed by atoms with Gasteiger partial charge in [-0.05, 0) is 133 Å². The highest BCUT2D eigenvalue weighted by atomic mass is 16.5. The topological polar surface area (TPSA) is 117 Å². The number of nitrogens with zero attached hydrogens (tertiary/aromatic N) is 4. The van der Waals surface area contributed by atoms with Gasteiger partial charge in [-0.25, -0.2) is 9.97 Å². The Morgan fingerprint density at radius 1 is 0.326 bits per heavy atom. The van der Waals surface area contributed by atoms with Gasteiger partial charge in [0.05, 0.1) is 21.3 Å². The van der Waals surface area contributed by atoms with Gasteiger partial charge in [-0.2, -0.15) is 0 Å². The van der Waals surface area contributed by atoms with E-state index in [0.717, 1.165) is 113 Å². The summed E-state index contributed by atoms with van der Waals surface area (Å²) in [6, 6.07) is 28.4. The van der Waals surface area contributed by atoms with Crippen LogP contribution in [0.2, 0.25) is 0 Å². The first kappa shape index (κ1) is 68.9. The number of aryl methyl sites for hydroxylation is 2. The molecule has 0 atom stereocenters. The van der Waals surface area contributed by atoms with Gasteiger partial charge >= 0.3 is 0 Å². The summed E-state index contributed by atoms with van der Waals surface area (Å²) >= 11 is 0. The fraction of sp³-hybridized carbons (Fsp3) is 0.481. The number of aromatic nitrogens is 4. The molecule has 0 fully saturated rings. The summed E-state index contributed by atoms with van der Waals surface area (Å²) in [6.07, 6.45) is 10.8. The minimum absolute atomic E-state index is 0.217. The Morgan fingerprint density at radius 2 is 0.522 bits per heavy atom. The molecule has 2 heterocycles. The molecule has 11 nitrogen and oxygen atoms in total. The fourth-order valence-corrected chi connectivity index (χ4v) is 12.8. The van der Waals surface area contributed by atoms with Crippen molar-refractivity contribution in [3.05, 3.63) is 209 Å². The molecular weight excluding hydrogens is 1140 g/mol. The van der Waals surface area contributed by atoms with Crippen molar-refractivity contribution in [1.29, 1.82) is 0 Å². The molecule has 1 aliphatic carbocycles. The quantitative estimate of drug-likeness (QED) is 0.128. The van der Waals surface area contributed by atoms with E-state index in [-0.39, 0.29) is 45.7 Å². The third kappa shape index (κ3) is 15.4. The van der Waals surface area contributed by atoms with E-state index in [9.17, 15) is 0 Å². The monoisotopic (exact) mass is 1250 g/mol. The van der Waals surface area contributed by atoms with Crippen molar-refractivity contribution in [2.45, 2.75) is 209 Å². The first-order chi connectivity index (χ1) is 43.0. The highest BCUT2D eigenvalue weighted by Crippen LogP contribution is 2.46. The van der Waals surface area contributed by atoms with Crippen molar-refractivity contribution >= 4 is 0 Å². The lowest BCUT2D eigenvalue weighted by Crippen LogP contribution is -2.18. The molecule has 0 spiro atoms. The van der Waals surface area contributed by atoms with Gasteiger partial charge in [0.25, 0.3) is 0 Å². The maximum Gasteiger partial charge on any atom is 0.146 e. The smallest absolute Gasteiger partial charge is 0.146 e. The Morgan fingerprint density at radius 3 is 0.685 bits per heavy atom. The first-order valence-electron chi connectivity index (χ1n) is 33.1. The molecule has 9 rings (SSSR count). The van der Waals surface area contributed by atoms with Gasteiger partial charge in [0, 0.05) is 84.0 Å². The average Bonchev–Trinajstić information content (AvgIpc) is 0.947. The number of benzene rings is 6. The van der Waals surface area contributed by atoms with Gasteiger partial charge < -0.3 is 43.3 Å². The Labute approximate surface area is 551 Å². The van der Waals surface area contributed by atoms with Crippen molar-refractivity contribution < 1.29 is 28.4 Å². The number of hydrogen-bond donors (Lipinski definition) is 1. The van der Waals surface area contributed by atoms with Crippen LogP contribution in [0.3, 0.4) is 0 Å². The molecule has 6 aromatic carbocycles. The molecular formula is C81H107N5O6. The Kier molecular flexibility index (Phi) is 19.8. The molecule has 2 N–H and O–H groups in total. The second-order valence-electron chi connectivity index (χ2n) is 32.0.